The third kappa shape index (κ3) is 4.06. The number of nitrogens with zero attached hydrogens (tertiary/aromatic N) is 2. The highest BCUT2D eigenvalue weighted by Crippen LogP contribution is 2.33. The van der Waals surface area contributed by atoms with E-state index in [0.29, 0.717) is 29.1 Å². The van der Waals surface area contributed by atoms with E-state index in [9.17, 15) is 8.60 Å². The van der Waals surface area contributed by atoms with Crippen molar-refractivity contribution in [1.82, 2.24) is 15.3 Å². The Bertz CT molecular complexity index is 1090. The highest BCUT2D eigenvalue weighted by atomic mass is 32.2. The van der Waals surface area contributed by atoms with Gasteiger partial charge >= 0.3 is 0 Å². The number of nitrogen functional groups attached to an aromatic ring is 1. The number of aromatic nitrogens is 2. The molecule has 3 atom stereocenters. The zero-order chi connectivity index (χ0) is 20.5. The number of anilines is 2. The van der Waals surface area contributed by atoms with Gasteiger partial charge in [0.15, 0.2) is 5.82 Å². The lowest BCUT2D eigenvalue weighted by atomic mass is 10.0. The lowest BCUT2D eigenvalue weighted by molar-refractivity contribution is 0.428. The molecule has 1 aromatic heterocycles. The van der Waals surface area contributed by atoms with Gasteiger partial charge < -0.3 is 15.8 Å². The SMILES string of the molecule is CC1CCC(S(=O)Nc2ccc(F)c(-c3ccc4nc(N)ncc4c3)c2F)CN1. The van der Waals surface area contributed by atoms with Crippen molar-refractivity contribution in [2.75, 3.05) is 17.0 Å². The van der Waals surface area contributed by atoms with Gasteiger partial charge in [0.25, 0.3) is 0 Å². The van der Waals surface area contributed by atoms with Gasteiger partial charge in [0.1, 0.15) is 16.8 Å². The zero-order valence-corrected chi connectivity index (χ0v) is 16.6. The highest BCUT2D eigenvalue weighted by molar-refractivity contribution is 7.87. The molecular formula is C20H21F2N5OS. The quantitative estimate of drug-likeness (QED) is 0.605. The number of nitrogens with one attached hydrogen (secondary N) is 2. The molecule has 4 N–H and O–H groups in total. The summed E-state index contributed by atoms with van der Waals surface area (Å²) in [5, 5.41) is 3.75. The van der Waals surface area contributed by atoms with Gasteiger partial charge in [-0.1, -0.05) is 6.07 Å². The maximum atomic E-state index is 15.2. The average molecular weight is 417 g/mol. The van der Waals surface area contributed by atoms with E-state index in [-0.39, 0.29) is 22.4 Å². The molecule has 4 rings (SSSR count). The van der Waals surface area contributed by atoms with Crippen LogP contribution in [-0.4, -0.2) is 32.0 Å². The first kappa shape index (κ1) is 19.7. The van der Waals surface area contributed by atoms with Crippen molar-refractivity contribution in [3.8, 4) is 11.1 Å². The Morgan fingerprint density at radius 1 is 1.24 bits per heavy atom. The number of piperidine rings is 1. The minimum atomic E-state index is -1.49. The van der Waals surface area contributed by atoms with Crippen LogP contribution in [-0.2, 0) is 11.0 Å². The van der Waals surface area contributed by atoms with Gasteiger partial charge in [-0.2, -0.15) is 0 Å². The molecule has 0 bridgehead atoms. The number of fused-ring (bicyclic) bond motifs is 1. The second-order valence-electron chi connectivity index (χ2n) is 7.19. The van der Waals surface area contributed by atoms with Gasteiger partial charge in [0, 0.05) is 24.2 Å². The molecule has 29 heavy (non-hydrogen) atoms. The second-order valence-corrected chi connectivity index (χ2v) is 8.66. The van der Waals surface area contributed by atoms with Crippen LogP contribution in [0.2, 0.25) is 0 Å². The van der Waals surface area contributed by atoms with E-state index >= 15 is 4.39 Å². The molecule has 0 amide bonds. The lowest BCUT2D eigenvalue weighted by Crippen LogP contribution is -2.43. The van der Waals surface area contributed by atoms with Crippen LogP contribution in [0.1, 0.15) is 19.8 Å². The van der Waals surface area contributed by atoms with E-state index in [0.717, 1.165) is 12.8 Å². The number of hydrogen-bond donors (Lipinski definition) is 3. The van der Waals surface area contributed by atoms with Crippen molar-refractivity contribution < 1.29 is 13.0 Å². The molecule has 3 unspecified atom stereocenters. The summed E-state index contributed by atoms with van der Waals surface area (Å²) >= 11 is 0. The third-order valence-electron chi connectivity index (χ3n) is 5.11. The molecule has 3 aromatic rings. The first-order valence-corrected chi connectivity index (χ1v) is 10.5. The van der Waals surface area contributed by atoms with Crippen molar-refractivity contribution in [3.05, 3.63) is 48.2 Å². The Balaban J connectivity index is 1.65. The normalized spacial score (nSPS) is 20.5. The Hall–Kier alpha value is -2.65. The standard InChI is InChI=1S/C20H21F2N5OS/c1-11-2-4-14(10-24-11)29(28)27-17-7-5-15(21)18(19(17)22)12-3-6-16-13(8-12)9-25-20(23)26-16/h3,5-9,11,14,24,27H,2,4,10H2,1H3,(H2,23,25,26). The fraction of sp³-hybridized carbons (Fsp3) is 0.300. The summed E-state index contributed by atoms with van der Waals surface area (Å²) in [4.78, 5) is 8.01. The molecule has 1 aliphatic heterocycles. The molecule has 152 valence electrons. The number of hydrogen-bond acceptors (Lipinski definition) is 5. The second kappa shape index (κ2) is 8.00. The lowest BCUT2D eigenvalue weighted by Gasteiger charge is -2.27. The highest BCUT2D eigenvalue weighted by Gasteiger charge is 2.24. The topological polar surface area (TPSA) is 92.9 Å². The summed E-state index contributed by atoms with van der Waals surface area (Å²) in [6, 6.07) is 7.63. The predicted octanol–water partition coefficient (Wildman–Crippen LogP) is 3.37. The Morgan fingerprint density at radius 3 is 2.83 bits per heavy atom. The summed E-state index contributed by atoms with van der Waals surface area (Å²) in [5.41, 5.74) is 6.30. The maximum Gasteiger partial charge on any atom is 0.220 e. The summed E-state index contributed by atoms with van der Waals surface area (Å²) in [6.07, 6.45) is 3.18. The van der Waals surface area contributed by atoms with Gasteiger partial charge in [0.2, 0.25) is 5.95 Å². The molecule has 0 spiro atoms. The van der Waals surface area contributed by atoms with Crippen molar-refractivity contribution in [2.24, 2.45) is 0 Å². The largest absolute Gasteiger partial charge is 0.368 e. The summed E-state index contributed by atoms with van der Waals surface area (Å²) in [5.74, 6) is -1.36. The fourth-order valence-corrected chi connectivity index (χ4v) is 4.59. The predicted molar refractivity (Wildman–Crippen MR) is 112 cm³/mol. The minimum absolute atomic E-state index is 0.00649. The van der Waals surface area contributed by atoms with E-state index in [1.807, 2.05) is 0 Å². The van der Waals surface area contributed by atoms with Gasteiger partial charge in [0.05, 0.1) is 22.0 Å². The van der Waals surface area contributed by atoms with Gasteiger partial charge in [-0.15, -0.1) is 0 Å². The molecule has 0 saturated carbocycles. The van der Waals surface area contributed by atoms with Crippen LogP contribution in [0.25, 0.3) is 22.0 Å². The molecule has 6 nitrogen and oxygen atoms in total. The Labute approximate surface area is 169 Å². The molecular weight excluding hydrogens is 396 g/mol. The van der Waals surface area contributed by atoms with Gasteiger partial charge in [-0.3, -0.25) is 0 Å². The molecule has 1 fully saturated rings. The van der Waals surface area contributed by atoms with E-state index in [2.05, 4.69) is 26.9 Å². The summed E-state index contributed by atoms with van der Waals surface area (Å²) < 4.78 is 45.0. The number of nitrogens with two attached hydrogens (primary N) is 1. The van der Waals surface area contributed by atoms with E-state index < -0.39 is 22.6 Å². The van der Waals surface area contributed by atoms with Crippen LogP contribution < -0.4 is 15.8 Å². The van der Waals surface area contributed by atoms with E-state index in [1.54, 1.807) is 18.2 Å². The van der Waals surface area contributed by atoms with Crippen molar-refractivity contribution in [3.63, 3.8) is 0 Å². The van der Waals surface area contributed by atoms with Crippen LogP contribution in [0.15, 0.2) is 36.5 Å². The average Bonchev–Trinajstić information content (AvgIpc) is 2.70. The van der Waals surface area contributed by atoms with Crippen LogP contribution in [0, 0.1) is 11.6 Å². The monoisotopic (exact) mass is 417 g/mol. The van der Waals surface area contributed by atoms with E-state index in [1.165, 1.54) is 18.3 Å². The smallest absolute Gasteiger partial charge is 0.220 e. The fourth-order valence-electron chi connectivity index (χ4n) is 3.45. The first-order valence-electron chi connectivity index (χ1n) is 9.33. The number of halogens is 2. The van der Waals surface area contributed by atoms with Crippen LogP contribution in [0.3, 0.4) is 0 Å². The van der Waals surface area contributed by atoms with E-state index in [4.69, 9.17) is 5.73 Å². The first-order chi connectivity index (χ1) is 13.9. The molecule has 9 heteroatoms. The molecule has 0 radical (unpaired) electrons. The molecule has 1 aliphatic rings. The molecule has 2 aromatic carbocycles. The van der Waals surface area contributed by atoms with Crippen molar-refractivity contribution in [2.45, 2.75) is 31.1 Å². The maximum absolute atomic E-state index is 15.2. The zero-order valence-electron chi connectivity index (χ0n) is 15.8. The Kier molecular flexibility index (Phi) is 5.42. The van der Waals surface area contributed by atoms with Crippen molar-refractivity contribution in [1.29, 1.82) is 0 Å². The molecule has 1 saturated heterocycles. The van der Waals surface area contributed by atoms with Crippen LogP contribution in [0.4, 0.5) is 20.4 Å². The summed E-state index contributed by atoms with van der Waals surface area (Å²) in [6.45, 7) is 2.66. The van der Waals surface area contributed by atoms with Crippen molar-refractivity contribution >= 4 is 33.5 Å². The number of rotatable bonds is 4. The van der Waals surface area contributed by atoms with Crippen LogP contribution >= 0.6 is 0 Å². The third-order valence-corrected chi connectivity index (χ3v) is 6.54. The molecule has 2 heterocycles. The van der Waals surface area contributed by atoms with Gasteiger partial charge in [-0.25, -0.2) is 23.0 Å². The number of benzene rings is 2. The molecule has 0 aliphatic carbocycles. The minimum Gasteiger partial charge on any atom is -0.368 e. The Morgan fingerprint density at radius 2 is 2.07 bits per heavy atom. The summed E-state index contributed by atoms with van der Waals surface area (Å²) in [7, 11) is -1.49. The van der Waals surface area contributed by atoms with Crippen LogP contribution in [0.5, 0.6) is 0 Å². The van der Waals surface area contributed by atoms with Gasteiger partial charge in [-0.05, 0) is 49.6 Å².